The third-order valence-corrected chi connectivity index (χ3v) is 7.55. The number of nitrogens with zero attached hydrogens (tertiary/aromatic N) is 1. The van der Waals surface area contributed by atoms with Crippen LogP contribution in [0.1, 0.15) is 36.0 Å². The Labute approximate surface area is 241 Å². The van der Waals surface area contributed by atoms with Gasteiger partial charge in [0.1, 0.15) is 18.1 Å². The highest BCUT2D eigenvalue weighted by Crippen LogP contribution is 2.37. The van der Waals surface area contributed by atoms with Gasteiger partial charge in [-0.1, -0.05) is 54.6 Å². The molecule has 1 aliphatic rings. The molecule has 0 spiro atoms. The second kappa shape index (κ2) is 15.1. The molecule has 8 heteroatoms. The Hall–Kier alpha value is -4.04. The molecule has 0 aromatic heterocycles. The summed E-state index contributed by atoms with van der Waals surface area (Å²) in [6, 6.07) is 25.1. The van der Waals surface area contributed by atoms with E-state index in [2.05, 4.69) is 0 Å². The van der Waals surface area contributed by atoms with E-state index >= 15 is 0 Å². The number of aliphatic hydroxyl groups excluding tert-OH is 1. The first-order chi connectivity index (χ1) is 20.0. The van der Waals surface area contributed by atoms with Crippen LogP contribution in [0.3, 0.4) is 0 Å². The third kappa shape index (κ3) is 8.24. The first kappa shape index (κ1) is 29.9. The summed E-state index contributed by atoms with van der Waals surface area (Å²) in [7, 11) is 3.28. The highest BCUT2D eigenvalue weighted by molar-refractivity contribution is 5.86. The number of likely N-dealkylation sites (tertiary alicyclic amines) is 1. The first-order valence-corrected chi connectivity index (χ1v) is 14.0. The van der Waals surface area contributed by atoms with Crippen LogP contribution in [-0.2, 0) is 33.7 Å². The number of methoxy groups -OCH3 is 2. The van der Waals surface area contributed by atoms with Gasteiger partial charge in [0, 0.05) is 18.7 Å². The number of hydrogen-bond acceptors (Lipinski definition) is 7. The summed E-state index contributed by atoms with van der Waals surface area (Å²) < 4.78 is 21.1. The molecule has 41 heavy (non-hydrogen) atoms. The van der Waals surface area contributed by atoms with E-state index in [-0.39, 0.29) is 43.7 Å². The maximum Gasteiger partial charge on any atom is 0.508 e. The van der Waals surface area contributed by atoms with Crippen molar-refractivity contribution < 1.29 is 33.6 Å². The zero-order valence-corrected chi connectivity index (χ0v) is 23.7. The van der Waals surface area contributed by atoms with Gasteiger partial charge >= 0.3 is 6.16 Å². The minimum Gasteiger partial charge on any atom is -0.497 e. The van der Waals surface area contributed by atoms with Crippen LogP contribution >= 0.6 is 0 Å². The number of hydrogen-bond donors (Lipinski definition) is 1. The second-order valence-corrected chi connectivity index (χ2v) is 10.2. The molecule has 0 saturated carbocycles. The number of ether oxygens (including phenoxy) is 4. The summed E-state index contributed by atoms with van der Waals surface area (Å²) in [6.07, 6.45) is 2.26. The Morgan fingerprint density at radius 2 is 1.39 bits per heavy atom. The number of carbonyl (C=O) groups is 2. The van der Waals surface area contributed by atoms with Crippen molar-refractivity contribution in [3.8, 4) is 11.5 Å². The molecular formula is C33H39NO7. The topological polar surface area (TPSA) is 94.5 Å². The molecule has 2 unspecified atom stereocenters. The zero-order valence-electron chi connectivity index (χ0n) is 23.7. The molecule has 2 atom stereocenters. The van der Waals surface area contributed by atoms with Gasteiger partial charge in [-0.15, -0.1) is 0 Å². The van der Waals surface area contributed by atoms with Crippen molar-refractivity contribution in [2.75, 3.05) is 27.4 Å². The Morgan fingerprint density at radius 1 is 0.805 bits per heavy atom. The van der Waals surface area contributed by atoms with E-state index in [0.717, 1.165) is 28.2 Å². The molecule has 3 aromatic carbocycles. The van der Waals surface area contributed by atoms with Gasteiger partial charge in [-0.3, -0.25) is 4.79 Å². The van der Waals surface area contributed by atoms with Gasteiger partial charge in [-0.25, -0.2) is 4.79 Å². The van der Waals surface area contributed by atoms with Gasteiger partial charge in [0.05, 0.1) is 26.7 Å². The van der Waals surface area contributed by atoms with Crippen molar-refractivity contribution in [1.29, 1.82) is 0 Å². The molecule has 0 bridgehead atoms. The van der Waals surface area contributed by atoms with E-state index in [1.54, 1.807) is 14.2 Å². The molecule has 1 saturated heterocycles. The van der Waals surface area contributed by atoms with Crippen molar-refractivity contribution in [1.82, 2.24) is 4.90 Å². The van der Waals surface area contributed by atoms with E-state index in [1.165, 1.54) is 0 Å². The Bertz CT molecular complexity index is 1180. The standard InChI is InChI=1S/C33H39NO7/c1-38-28-14-10-24(11-15-28)21-27(22-25-12-16-29(39-2)17-13-25)34-31(9-6-19-35)30(32(34)36)18-20-40-33(37)41-23-26-7-4-3-5-8-26/h3-5,7-8,10-17,27,30-31,35H,6,9,18-23H2,1-2H3. The SMILES string of the molecule is COc1ccc(CC(Cc2ccc(OC)cc2)N2C(=O)C(CCOC(=O)OCc3ccccc3)C2CCCO)cc1. The molecule has 8 nitrogen and oxygen atoms in total. The number of benzene rings is 3. The molecule has 0 radical (unpaired) electrons. The quantitative estimate of drug-likeness (QED) is 0.201. The van der Waals surface area contributed by atoms with Crippen molar-refractivity contribution in [3.05, 3.63) is 95.6 Å². The minimum absolute atomic E-state index is 0.0428. The lowest BCUT2D eigenvalue weighted by Crippen LogP contribution is -2.65. The fraction of sp³-hybridized carbons (Fsp3) is 0.394. The fourth-order valence-electron chi connectivity index (χ4n) is 5.40. The Morgan fingerprint density at radius 3 is 1.93 bits per heavy atom. The minimum atomic E-state index is -0.749. The average molecular weight is 562 g/mol. The van der Waals surface area contributed by atoms with Crippen LogP contribution in [0.25, 0.3) is 0 Å². The molecule has 1 aliphatic heterocycles. The van der Waals surface area contributed by atoms with Gasteiger partial charge in [0.25, 0.3) is 0 Å². The van der Waals surface area contributed by atoms with Crippen molar-refractivity contribution in [2.45, 2.75) is 50.8 Å². The number of amides is 1. The predicted molar refractivity (Wildman–Crippen MR) is 155 cm³/mol. The van der Waals surface area contributed by atoms with Gasteiger partial charge in [0.15, 0.2) is 0 Å². The van der Waals surface area contributed by atoms with Crippen LogP contribution in [0.4, 0.5) is 4.79 Å². The highest BCUT2D eigenvalue weighted by Gasteiger charge is 2.49. The molecule has 1 N–H and O–H groups in total. The van der Waals surface area contributed by atoms with E-state index in [1.807, 2.05) is 83.8 Å². The first-order valence-electron chi connectivity index (χ1n) is 14.0. The largest absolute Gasteiger partial charge is 0.508 e. The summed E-state index contributed by atoms with van der Waals surface area (Å²) in [6.45, 7) is 0.275. The summed E-state index contributed by atoms with van der Waals surface area (Å²) >= 11 is 0. The number of aliphatic hydroxyl groups is 1. The Kier molecular flexibility index (Phi) is 11.0. The van der Waals surface area contributed by atoms with Crippen molar-refractivity contribution in [2.24, 2.45) is 5.92 Å². The number of β-lactam (4-membered cyclic amide) rings is 1. The molecule has 1 amide bonds. The number of rotatable bonds is 15. The van der Waals surface area contributed by atoms with Crippen molar-refractivity contribution in [3.63, 3.8) is 0 Å². The van der Waals surface area contributed by atoms with Crippen LogP contribution in [0.2, 0.25) is 0 Å². The molecule has 218 valence electrons. The fourth-order valence-corrected chi connectivity index (χ4v) is 5.40. The predicted octanol–water partition coefficient (Wildman–Crippen LogP) is 5.20. The van der Waals surface area contributed by atoms with Gasteiger partial charge in [-0.2, -0.15) is 0 Å². The summed E-state index contributed by atoms with van der Waals surface area (Å²) in [4.78, 5) is 27.7. The lowest BCUT2D eigenvalue weighted by molar-refractivity contribution is -0.163. The van der Waals surface area contributed by atoms with Crippen LogP contribution in [0, 0.1) is 5.92 Å². The molecular weight excluding hydrogens is 522 g/mol. The maximum atomic E-state index is 13.6. The number of carbonyl (C=O) groups excluding carboxylic acids is 2. The molecule has 3 aromatic rings. The summed E-state index contributed by atoms with van der Waals surface area (Å²) in [5.74, 6) is 1.33. The monoisotopic (exact) mass is 561 g/mol. The third-order valence-electron chi connectivity index (χ3n) is 7.55. The van der Waals surface area contributed by atoms with E-state index in [0.29, 0.717) is 32.1 Å². The molecule has 4 rings (SSSR count). The Balaban J connectivity index is 1.42. The van der Waals surface area contributed by atoms with Crippen LogP contribution in [-0.4, -0.2) is 61.6 Å². The summed E-state index contributed by atoms with van der Waals surface area (Å²) in [5.41, 5.74) is 3.08. The second-order valence-electron chi connectivity index (χ2n) is 10.2. The molecule has 1 heterocycles. The average Bonchev–Trinajstić information content (AvgIpc) is 3.01. The van der Waals surface area contributed by atoms with E-state index in [4.69, 9.17) is 18.9 Å². The van der Waals surface area contributed by atoms with Crippen LogP contribution in [0.15, 0.2) is 78.9 Å². The van der Waals surface area contributed by atoms with E-state index < -0.39 is 6.16 Å². The van der Waals surface area contributed by atoms with Crippen LogP contribution < -0.4 is 9.47 Å². The van der Waals surface area contributed by atoms with Gasteiger partial charge in [-0.05, 0) is 73.1 Å². The van der Waals surface area contributed by atoms with Gasteiger partial charge in [0.2, 0.25) is 5.91 Å². The van der Waals surface area contributed by atoms with Gasteiger partial charge < -0.3 is 29.0 Å². The van der Waals surface area contributed by atoms with Crippen molar-refractivity contribution >= 4 is 12.1 Å². The molecule has 1 fully saturated rings. The normalized spacial score (nSPS) is 16.3. The maximum absolute atomic E-state index is 13.6. The smallest absolute Gasteiger partial charge is 0.497 e. The van der Waals surface area contributed by atoms with Crippen LogP contribution in [0.5, 0.6) is 11.5 Å². The highest BCUT2D eigenvalue weighted by atomic mass is 16.7. The summed E-state index contributed by atoms with van der Waals surface area (Å²) in [5, 5.41) is 9.57. The molecule has 0 aliphatic carbocycles. The van der Waals surface area contributed by atoms with E-state index in [9.17, 15) is 14.7 Å². The lowest BCUT2D eigenvalue weighted by Gasteiger charge is -2.52. The zero-order chi connectivity index (χ0) is 29.0. The lowest BCUT2D eigenvalue weighted by atomic mass is 9.79.